The van der Waals surface area contributed by atoms with E-state index in [-0.39, 0.29) is 12.1 Å². The quantitative estimate of drug-likeness (QED) is 0.874. The van der Waals surface area contributed by atoms with Crippen LogP contribution in [0.2, 0.25) is 0 Å². The summed E-state index contributed by atoms with van der Waals surface area (Å²) in [6.45, 7) is 0.688. The fourth-order valence-electron chi connectivity index (χ4n) is 1.86. The van der Waals surface area contributed by atoms with Crippen molar-refractivity contribution in [2.75, 3.05) is 0 Å². The van der Waals surface area contributed by atoms with Crippen molar-refractivity contribution < 1.29 is 9.52 Å². The second-order valence-corrected chi connectivity index (χ2v) is 4.47. The van der Waals surface area contributed by atoms with Gasteiger partial charge in [-0.15, -0.1) is 0 Å². The molecule has 0 saturated heterocycles. The first kappa shape index (κ1) is 10.2. The minimum absolute atomic E-state index is 0.187. The van der Waals surface area contributed by atoms with Crippen molar-refractivity contribution in [1.82, 2.24) is 5.32 Å². The standard InChI is InChI=1S/C10H14BrNO2/c11-10-5-4-7(14-10)6-12-8-2-1-3-9(8)13/h4-5,8-9,12-13H,1-3,6H2/t8-,9-/m1/s1. The Bertz CT molecular complexity index is 300. The molecular formula is C10H14BrNO2. The predicted octanol–water partition coefficient (Wildman–Crippen LogP) is 2.05. The Morgan fingerprint density at radius 3 is 2.93 bits per heavy atom. The second-order valence-electron chi connectivity index (χ2n) is 3.69. The first-order valence-corrected chi connectivity index (χ1v) is 5.70. The van der Waals surface area contributed by atoms with Crippen LogP contribution in [0.4, 0.5) is 0 Å². The summed E-state index contributed by atoms with van der Waals surface area (Å²) < 4.78 is 6.10. The summed E-state index contributed by atoms with van der Waals surface area (Å²) in [5, 5.41) is 12.9. The Morgan fingerprint density at radius 2 is 2.36 bits per heavy atom. The Hall–Kier alpha value is -0.320. The van der Waals surface area contributed by atoms with Gasteiger partial charge in [-0.05, 0) is 47.3 Å². The zero-order chi connectivity index (χ0) is 9.97. The summed E-state index contributed by atoms with van der Waals surface area (Å²) in [6.07, 6.45) is 2.90. The van der Waals surface area contributed by atoms with E-state index in [2.05, 4.69) is 21.2 Å². The SMILES string of the molecule is O[C@@H]1CCC[C@H]1NCc1ccc(Br)o1. The molecule has 14 heavy (non-hydrogen) atoms. The molecule has 2 rings (SSSR count). The summed E-state index contributed by atoms with van der Waals surface area (Å²) in [5.41, 5.74) is 0. The zero-order valence-corrected chi connectivity index (χ0v) is 9.46. The van der Waals surface area contributed by atoms with Gasteiger partial charge in [0.25, 0.3) is 0 Å². The molecule has 1 saturated carbocycles. The summed E-state index contributed by atoms with van der Waals surface area (Å²) >= 11 is 3.25. The Kier molecular flexibility index (Phi) is 3.26. The molecule has 1 aliphatic rings. The van der Waals surface area contributed by atoms with Crippen molar-refractivity contribution >= 4 is 15.9 Å². The number of nitrogens with one attached hydrogen (secondary N) is 1. The molecule has 0 radical (unpaired) electrons. The van der Waals surface area contributed by atoms with Crippen molar-refractivity contribution in [3.63, 3.8) is 0 Å². The van der Waals surface area contributed by atoms with Gasteiger partial charge in [-0.1, -0.05) is 0 Å². The van der Waals surface area contributed by atoms with E-state index in [0.29, 0.717) is 6.54 Å². The molecule has 0 amide bonds. The van der Waals surface area contributed by atoms with E-state index in [1.807, 2.05) is 12.1 Å². The van der Waals surface area contributed by atoms with Crippen LogP contribution in [0, 0.1) is 0 Å². The van der Waals surface area contributed by atoms with Crippen molar-refractivity contribution in [2.45, 2.75) is 38.0 Å². The average molecular weight is 260 g/mol. The molecule has 2 atom stereocenters. The lowest BCUT2D eigenvalue weighted by Crippen LogP contribution is -2.34. The number of halogens is 1. The molecule has 0 bridgehead atoms. The summed E-state index contributed by atoms with van der Waals surface area (Å²) in [6, 6.07) is 4.04. The number of aliphatic hydroxyl groups excluding tert-OH is 1. The van der Waals surface area contributed by atoms with Gasteiger partial charge in [0.2, 0.25) is 0 Å². The van der Waals surface area contributed by atoms with Crippen molar-refractivity contribution in [2.24, 2.45) is 0 Å². The highest BCUT2D eigenvalue weighted by molar-refractivity contribution is 9.10. The fourth-order valence-corrected chi connectivity index (χ4v) is 2.20. The Morgan fingerprint density at radius 1 is 1.50 bits per heavy atom. The number of hydrogen-bond donors (Lipinski definition) is 2. The van der Waals surface area contributed by atoms with Crippen molar-refractivity contribution in [3.8, 4) is 0 Å². The molecule has 2 N–H and O–H groups in total. The van der Waals surface area contributed by atoms with E-state index in [0.717, 1.165) is 29.7 Å². The molecule has 0 aromatic carbocycles. The third-order valence-electron chi connectivity index (χ3n) is 2.65. The number of furan rings is 1. The van der Waals surface area contributed by atoms with Crippen LogP contribution in [0.5, 0.6) is 0 Å². The van der Waals surface area contributed by atoms with E-state index in [9.17, 15) is 5.11 Å². The highest BCUT2D eigenvalue weighted by Gasteiger charge is 2.24. The van der Waals surface area contributed by atoms with E-state index >= 15 is 0 Å². The summed E-state index contributed by atoms with van der Waals surface area (Å²) in [5.74, 6) is 0.899. The highest BCUT2D eigenvalue weighted by Crippen LogP contribution is 2.20. The van der Waals surface area contributed by atoms with Crippen LogP contribution >= 0.6 is 15.9 Å². The van der Waals surface area contributed by atoms with Gasteiger partial charge >= 0.3 is 0 Å². The third kappa shape index (κ3) is 2.38. The van der Waals surface area contributed by atoms with E-state index in [4.69, 9.17) is 4.42 Å². The van der Waals surface area contributed by atoms with Crippen molar-refractivity contribution in [1.29, 1.82) is 0 Å². The molecule has 0 spiro atoms. The van der Waals surface area contributed by atoms with Gasteiger partial charge < -0.3 is 14.8 Å². The number of hydrogen-bond acceptors (Lipinski definition) is 3. The molecule has 0 unspecified atom stereocenters. The Labute approximate surface area is 91.6 Å². The maximum Gasteiger partial charge on any atom is 0.169 e. The molecule has 3 nitrogen and oxygen atoms in total. The lowest BCUT2D eigenvalue weighted by molar-refractivity contribution is 0.147. The first-order chi connectivity index (χ1) is 6.75. The molecule has 1 aromatic heterocycles. The molecule has 1 aromatic rings. The molecule has 1 heterocycles. The molecule has 78 valence electrons. The van der Waals surface area contributed by atoms with Gasteiger partial charge in [0, 0.05) is 6.04 Å². The highest BCUT2D eigenvalue weighted by atomic mass is 79.9. The van der Waals surface area contributed by atoms with Crippen LogP contribution in [0.25, 0.3) is 0 Å². The van der Waals surface area contributed by atoms with Gasteiger partial charge in [0.05, 0.1) is 12.6 Å². The average Bonchev–Trinajstić information content (AvgIpc) is 2.72. The van der Waals surface area contributed by atoms with Crippen LogP contribution in [-0.2, 0) is 6.54 Å². The first-order valence-electron chi connectivity index (χ1n) is 4.91. The predicted molar refractivity (Wildman–Crippen MR) is 56.9 cm³/mol. The van der Waals surface area contributed by atoms with E-state index in [1.165, 1.54) is 0 Å². The largest absolute Gasteiger partial charge is 0.453 e. The van der Waals surface area contributed by atoms with E-state index < -0.39 is 0 Å². The van der Waals surface area contributed by atoms with Crippen LogP contribution in [-0.4, -0.2) is 17.3 Å². The van der Waals surface area contributed by atoms with E-state index in [1.54, 1.807) is 0 Å². The van der Waals surface area contributed by atoms with Gasteiger partial charge in [-0.25, -0.2) is 0 Å². The zero-order valence-electron chi connectivity index (χ0n) is 7.87. The molecule has 1 fully saturated rings. The number of aliphatic hydroxyl groups is 1. The fraction of sp³-hybridized carbons (Fsp3) is 0.600. The normalized spacial score (nSPS) is 27.0. The Balaban J connectivity index is 1.82. The van der Waals surface area contributed by atoms with Gasteiger partial charge in [-0.2, -0.15) is 0 Å². The lowest BCUT2D eigenvalue weighted by Gasteiger charge is -2.15. The number of rotatable bonds is 3. The van der Waals surface area contributed by atoms with Gasteiger partial charge in [0.15, 0.2) is 4.67 Å². The minimum Gasteiger partial charge on any atom is -0.453 e. The minimum atomic E-state index is -0.187. The third-order valence-corrected chi connectivity index (χ3v) is 3.07. The maximum atomic E-state index is 9.57. The summed E-state index contributed by atoms with van der Waals surface area (Å²) in [4.78, 5) is 0. The summed E-state index contributed by atoms with van der Waals surface area (Å²) in [7, 11) is 0. The monoisotopic (exact) mass is 259 g/mol. The second kappa shape index (κ2) is 4.47. The van der Waals surface area contributed by atoms with Crippen LogP contribution in [0.1, 0.15) is 25.0 Å². The van der Waals surface area contributed by atoms with Crippen LogP contribution in [0.15, 0.2) is 21.2 Å². The molecule has 1 aliphatic carbocycles. The topological polar surface area (TPSA) is 45.4 Å². The molecule has 0 aliphatic heterocycles. The lowest BCUT2D eigenvalue weighted by atomic mass is 10.2. The van der Waals surface area contributed by atoms with Crippen LogP contribution < -0.4 is 5.32 Å². The smallest absolute Gasteiger partial charge is 0.169 e. The van der Waals surface area contributed by atoms with Crippen LogP contribution in [0.3, 0.4) is 0 Å². The molecular weight excluding hydrogens is 246 g/mol. The van der Waals surface area contributed by atoms with Crippen molar-refractivity contribution in [3.05, 3.63) is 22.6 Å². The molecule has 4 heteroatoms. The van der Waals surface area contributed by atoms with Gasteiger partial charge in [0.1, 0.15) is 5.76 Å². The maximum absolute atomic E-state index is 9.57. The van der Waals surface area contributed by atoms with Gasteiger partial charge in [-0.3, -0.25) is 0 Å².